The van der Waals surface area contributed by atoms with Crippen LogP contribution < -0.4 is 5.50 Å². The maximum atomic E-state index is 12.6. The van der Waals surface area contributed by atoms with Crippen LogP contribution in [0.4, 0.5) is 0 Å². The van der Waals surface area contributed by atoms with Gasteiger partial charge < -0.3 is 23.5 Å². The Balaban J connectivity index is 1.40. The van der Waals surface area contributed by atoms with Gasteiger partial charge in [-0.3, -0.25) is 24.7 Å². The molecular formula is C31H52N3O11P. The summed E-state index contributed by atoms with van der Waals surface area (Å²) in [5, 5.41) is 1.17. The molecule has 0 bridgehead atoms. The van der Waals surface area contributed by atoms with Gasteiger partial charge in [0.25, 0.3) is 32.2 Å². The van der Waals surface area contributed by atoms with E-state index in [2.05, 4.69) is 0 Å². The van der Waals surface area contributed by atoms with Gasteiger partial charge in [0.15, 0.2) is 0 Å². The van der Waals surface area contributed by atoms with E-state index in [1.807, 2.05) is 6.92 Å². The van der Waals surface area contributed by atoms with Crippen molar-refractivity contribution in [3.05, 3.63) is 0 Å². The molecule has 2 aliphatic rings. The van der Waals surface area contributed by atoms with Gasteiger partial charge in [0.2, 0.25) is 0 Å². The van der Waals surface area contributed by atoms with Crippen LogP contribution in [0.2, 0.25) is 0 Å². The highest BCUT2D eigenvalue weighted by Crippen LogP contribution is 2.28. The molecule has 0 aromatic carbocycles. The number of imide groups is 2. The van der Waals surface area contributed by atoms with Gasteiger partial charge in [0, 0.05) is 38.7 Å². The lowest BCUT2D eigenvalue weighted by molar-refractivity contribution is -0.198. The zero-order valence-electron chi connectivity index (χ0n) is 27.3. The van der Waals surface area contributed by atoms with Crippen LogP contribution >= 0.6 is 8.53 Å². The Bertz CT molecular complexity index is 967. The fourth-order valence-corrected chi connectivity index (χ4v) is 5.64. The number of unbranched alkanes of at least 4 members (excludes halogenated alkanes) is 12. The van der Waals surface area contributed by atoms with Gasteiger partial charge in [-0.15, -0.1) is 10.1 Å². The molecule has 0 aromatic rings. The molecule has 2 saturated heterocycles. The maximum Gasteiger partial charge on any atom is 0.333 e. The quantitative estimate of drug-likeness (QED) is 0.0707. The third-order valence-corrected chi connectivity index (χ3v) is 8.53. The van der Waals surface area contributed by atoms with Crippen LogP contribution in [0.5, 0.6) is 0 Å². The molecule has 2 unspecified atom stereocenters. The van der Waals surface area contributed by atoms with Crippen molar-refractivity contribution in [3.8, 4) is 0 Å². The van der Waals surface area contributed by atoms with E-state index in [-0.39, 0.29) is 38.7 Å². The van der Waals surface area contributed by atoms with E-state index < -0.39 is 50.0 Å². The van der Waals surface area contributed by atoms with Gasteiger partial charge in [0.1, 0.15) is 0 Å². The van der Waals surface area contributed by atoms with E-state index in [0.29, 0.717) is 42.8 Å². The topological polar surface area (TPSA) is 181 Å². The van der Waals surface area contributed by atoms with Crippen LogP contribution in [0.25, 0.3) is 0 Å². The van der Waals surface area contributed by atoms with Crippen LogP contribution in [-0.4, -0.2) is 72.1 Å². The van der Waals surface area contributed by atoms with Crippen molar-refractivity contribution in [1.82, 2.24) is 10.1 Å². The highest BCUT2D eigenvalue weighted by Gasteiger charge is 2.41. The molecule has 0 radical (unpaired) electrons. The Morgan fingerprint density at radius 2 is 1.15 bits per heavy atom. The molecular weight excluding hydrogens is 621 g/mol. The fourth-order valence-electron chi connectivity index (χ4n) is 5.01. The summed E-state index contributed by atoms with van der Waals surface area (Å²) in [6.07, 6.45) is 13.2. The molecule has 0 aliphatic carbocycles. The smallest absolute Gasteiger partial charge is 0.333 e. The van der Waals surface area contributed by atoms with Crippen molar-refractivity contribution in [2.45, 2.75) is 129 Å². The average molecular weight is 674 g/mol. The highest BCUT2D eigenvalue weighted by molar-refractivity contribution is 7.44. The Morgan fingerprint density at radius 1 is 0.674 bits per heavy atom. The van der Waals surface area contributed by atoms with Crippen LogP contribution in [0.3, 0.4) is 0 Å². The van der Waals surface area contributed by atoms with Gasteiger partial charge in [-0.25, -0.2) is 9.59 Å². The van der Waals surface area contributed by atoms with Crippen LogP contribution in [-0.2, 0) is 52.2 Å². The summed E-state index contributed by atoms with van der Waals surface area (Å²) in [5.41, 5.74) is 5.67. The minimum absolute atomic E-state index is 0.0338. The summed E-state index contributed by atoms with van der Waals surface area (Å²) < 4.78 is 16.2. The fraction of sp³-hybridized carbons (Fsp3) is 0.806. The van der Waals surface area contributed by atoms with Crippen molar-refractivity contribution >= 4 is 44.1 Å². The van der Waals surface area contributed by atoms with E-state index in [1.54, 1.807) is 0 Å². The number of nitrogens with zero attached hydrogens (tertiary/aromatic N) is 2. The summed E-state index contributed by atoms with van der Waals surface area (Å²) >= 11 is 0. The largest absolute Gasteiger partial charge is 0.381 e. The minimum Gasteiger partial charge on any atom is -0.381 e. The van der Waals surface area contributed by atoms with Gasteiger partial charge in [-0.05, 0) is 32.6 Å². The number of amides is 4. The second-order valence-corrected chi connectivity index (χ2v) is 12.6. The predicted molar refractivity (Wildman–Crippen MR) is 167 cm³/mol. The molecule has 2 N–H and O–H groups in total. The molecule has 46 heavy (non-hydrogen) atoms. The molecule has 0 aromatic heterocycles. The van der Waals surface area contributed by atoms with Crippen LogP contribution in [0, 0.1) is 5.92 Å². The lowest BCUT2D eigenvalue weighted by Gasteiger charge is -2.14. The minimum atomic E-state index is -1.26. The number of hydroxylamine groups is 4. The van der Waals surface area contributed by atoms with Crippen molar-refractivity contribution < 1.29 is 52.2 Å². The first-order valence-electron chi connectivity index (χ1n) is 16.8. The number of hydrogen-bond donors (Lipinski definition) is 1. The van der Waals surface area contributed by atoms with E-state index in [0.717, 1.165) is 77.0 Å². The summed E-state index contributed by atoms with van der Waals surface area (Å²) in [7, 11) is -1.26. The van der Waals surface area contributed by atoms with Crippen molar-refractivity contribution in [2.75, 3.05) is 26.4 Å². The molecule has 14 nitrogen and oxygen atoms in total. The molecule has 0 saturated carbocycles. The van der Waals surface area contributed by atoms with E-state index >= 15 is 0 Å². The average Bonchev–Trinajstić information content (AvgIpc) is 3.48. The number of carbonyl (C=O) groups excluding carboxylic acids is 6. The summed E-state index contributed by atoms with van der Waals surface area (Å²) in [6, 6.07) is 0. The standard InChI is InChI=1S/C31H52N3O11P/c1-2-42-46(32)43-22-16-12-8-4-6-10-14-18-30(39)45-34-28(37)23-25(31(34)40)24-41-21-15-11-7-3-5-9-13-17-29(38)44-33-26(35)19-20-27(33)36/h25H,2-24,32H2,1H3. The third kappa shape index (κ3) is 16.4. The van der Waals surface area contributed by atoms with Crippen molar-refractivity contribution in [3.63, 3.8) is 0 Å². The highest BCUT2D eigenvalue weighted by atomic mass is 31.2. The zero-order valence-corrected chi connectivity index (χ0v) is 28.1. The van der Waals surface area contributed by atoms with Gasteiger partial charge >= 0.3 is 11.9 Å². The van der Waals surface area contributed by atoms with Crippen molar-refractivity contribution in [1.29, 1.82) is 0 Å². The van der Waals surface area contributed by atoms with E-state index in [1.165, 1.54) is 0 Å². The molecule has 2 fully saturated rings. The van der Waals surface area contributed by atoms with E-state index in [4.69, 9.17) is 29.0 Å². The Morgan fingerprint density at radius 3 is 1.70 bits per heavy atom. The summed E-state index contributed by atoms with van der Waals surface area (Å²) in [4.78, 5) is 81.6. The second-order valence-electron chi connectivity index (χ2n) is 11.5. The van der Waals surface area contributed by atoms with Crippen LogP contribution in [0.1, 0.15) is 129 Å². The van der Waals surface area contributed by atoms with Gasteiger partial charge in [0.05, 0.1) is 25.7 Å². The molecule has 2 aliphatic heterocycles. The third-order valence-electron chi connectivity index (χ3n) is 7.58. The van der Waals surface area contributed by atoms with Gasteiger partial charge in [-0.2, -0.15) is 0 Å². The zero-order chi connectivity index (χ0) is 33.6. The lowest BCUT2D eigenvalue weighted by Crippen LogP contribution is -2.34. The Kier molecular flexibility index (Phi) is 20.5. The molecule has 2 atom stereocenters. The molecule has 15 heteroatoms. The number of rotatable bonds is 27. The first-order chi connectivity index (χ1) is 22.2. The summed E-state index contributed by atoms with van der Waals surface area (Å²) in [6.45, 7) is 3.59. The first-order valence-corrected chi connectivity index (χ1v) is 18.0. The second kappa shape index (κ2) is 23.8. The predicted octanol–water partition coefficient (Wildman–Crippen LogP) is 4.92. The number of carbonyl (C=O) groups is 6. The van der Waals surface area contributed by atoms with Crippen molar-refractivity contribution in [2.24, 2.45) is 11.4 Å². The number of hydrogen-bond acceptors (Lipinski definition) is 12. The number of nitrogens with two attached hydrogens (primary N) is 1. The van der Waals surface area contributed by atoms with Crippen LogP contribution in [0.15, 0.2) is 0 Å². The maximum absolute atomic E-state index is 12.6. The lowest BCUT2D eigenvalue weighted by atomic mass is 10.1. The molecule has 2 heterocycles. The Hall–Kier alpha value is -2.51. The molecule has 2 rings (SSSR count). The Labute approximate surface area is 273 Å². The molecule has 0 spiro atoms. The number of ether oxygens (including phenoxy) is 1. The SMILES string of the molecule is CCOP(N)OCCCCCCCCCC(=O)ON1C(=O)CC(COCCCCCCCCCC(=O)ON2C(=O)CCC2=O)C1=O. The first kappa shape index (κ1) is 39.7. The van der Waals surface area contributed by atoms with Gasteiger partial charge in [-0.1, -0.05) is 64.2 Å². The normalized spacial score (nSPS) is 17.3. The van der Waals surface area contributed by atoms with E-state index in [9.17, 15) is 28.8 Å². The molecule has 4 amide bonds. The molecule has 262 valence electrons. The summed E-state index contributed by atoms with van der Waals surface area (Å²) in [5.74, 6) is -3.80. The monoisotopic (exact) mass is 673 g/mol.